The third kappa shape index (κ3) is 20.0. The standard InChI is InChI=1S/C34H24FN2.C32H28FN2.C29H22FN2.C25H23N2.C15H14N2.Ir/c1-24-21-29(35)17-18-30(24)34-36-19-20-37(34)33-31(26-13-7-3-8-14-26)22-28(25-11-5-2-6-12-25)23-32(33)27-15-9-4-10-16-27;1-22(2)26-20-29(23-9-5-3-6-10-23)31(30(21-26)24-11-7-4-8-12-24)35-18-17-34-16-15-25-19-27(33)13-14-28(25)32(34)35;30-24-14-15-27-23(20-24)16-17-31-18-19-32(29(27)31)28-25(21-8-3-1-4-9-21)12-7-13-26(28)22-10-5-2-6-11-22;1-18-7-6-8-19(2)24(18)27-16-15-26-14-13-21-11-12-22(17-23(21)25(26)27)20-9-4-3-5-10-20;1-12-7-3-4-8-13(12)17-11-16(2)14-9-5-6-10-15(14)17;/h2-23H,1H2;3-14,17-22H,15-16H2,1-2H3;1-15,18-20H,16-17H2;3-12,15-17H,13-14H2,1-2H3;3-11H,1H2,2H3;/q-1;3*+1;-2;+3. The fraction of sp³-hybridized carbons (Fsp3) is 0.0889. The average Bonchev–Trinajstić information content (AvgIpc) is 1.63. The summed E-state index contributed by atoms with van der Waals surface area (Å²) >= 11 is 0. The zero-order valence-electron chi connectivity index (χ0n) is 83.8. The van der Waals surface area contributed by atoms with E-state index in [4.69, 9.17) is 4.98 Å². The van der Waals surface area contributed by atoms with Gasteiger partial charge < -0.3 is 14.4 Å². The smallest absolute Gasteiger partial charge is 0.526 e. The van der Waals surface area contributed by atoms with Gasteiger partial charge in [0.15, 0.2) is 0 Å². The minimum Gasteiger partial charge on any atom is -0.526 e. The Kier molecular flexibility index (Phi) is 28.5. The summed E-state index contributed by atoms with van der Waals surface area (Å²) < 4.78 is 58.0. The second-order valence-electron chi connectivity index (χ2n) is 38.3. The van der Waals surface area contributed by atoms with Gasteiger partial charge in [0.05, 0.1) is 53.7 Å². The molecule has 0 radical (unpaired) electrons. The zero-order valence-corrected chi connectivity index (χ0v) is 86.2. The van der Waals surface area contributed by atoms with Crippen LogP contribution >= 0.6 is 0 Å². The van der Waals surface area contributed by atoms with E-state index in [0.717, 1.165) is 140 Å². The van der Waals surface area contributed by atoms with Crippen LogP contribution in [-0.4, -0.2) is 30.3 Å². The Balaban J connectivity index is 0.000000111. The third-order valence-corrected chi connectivity index (χ3v) is 28.6. The monoisotopic (exact) mass is 2120 g/mol. The van der Waals surface area contributed by atoms with Crippen LogP contribution in [-0.2, 0) is 59.0 Å². The molecule has 10 nitrogen and oxygen atoms in total. The molecule has 22 aromatic rings. The Hall–Kier alpha value is -17.4. The van der Waals surface area contributed by atoms with Crippen molar-refractivity contribution in [1.29, 1.82) is 0 Å². The molecule has 0 unspecified atom stereocenters. The first-order valence-corrected chi connectivity index (χ1v) is 50.6. The first-order valence-electron chi connectivity index (χ1n) is 50.6. The van der Waals surface area contributed by atoms with Crippen LogP contribution in [0.25, 0.3) is 157 Å². The van der Waals surface area contributed by atoms with Crippen LogP contribution in [0.2, 0.25) is 0 Å². The first kappa shape index (κ1) is 97.6. The minimum atomic E-state index is -0.311. The summed E-state index contributed by atoms with van der Waals surface area (Å²) in [5, 5.41) is 0. The molecule has 0 aliphatic carbocycles. The van der Waals surface area contributed by atoms with Gasteiger partial charge in [0.25, 0.3) is 17.5 Å². The van der Waals surface area contributed by atoms with Crippen molar-refractivity contribution in [2.24, 2.45) is 0 Å². The summed E-state index contributed by atoms with van der Waals surface area (Å²) in [5.41, 5.74) is 40.2. The van der Waals surface area contributed by atoms with Gasteiger partial charge >= 0.3 is 20.1 Å². The fourth-order valence-corrected chi connectivity index (χ4v) is 21.4. The zero-order chi connectivity index (χ0) is 101. The molecule has 0 saturated heterocycles. The van der Waals surface area contributed by atoms with E-state index >= 15 is 0 Å². The maximum Gasteiger partial charge on any atom is 3.00 e. The molecule has 8 heterocycles. The number of aryl methyl sites for hydroxylation is 8. The molecular weight excluding hydrogens is 2010 g/mol. The van der Waals surface area contributed by atoms with E-state index in [9.17, 15) is 13.2 Å². The number of aromatic nitrogens is 8. The number of anilines is 3. The fourth-order valence-electron chi connectivity index (χ4n) is 21.4. The largest absolute Gasteiger partial charge is 3.00 e. The number of rotatable bonds is 15. The van der Waals surface area contributed by atoms with E-state index in [1.807, 2.05) is 66.9 Å². The molecular formula is C135H111F3IrN10+3. The molecule has 4 aromatic heterocycles. The number of imidazole rings is 4. The molecule has 4 aliphatic heterocycles. The molecule has 149 heavy (non-hydrogen) atoms. The van der Waals surface area contributed by atoms with Crippen LogP contribution in [0, 0.1) is 51.8 Å². The molecule has 4 aliphatic rings. The van der Waals surface area contributed by atoms with Gasteiger partial charge in [-0.25, -0.2) is 31.9 Å². The van der Waals surface area contributed by atoms with Crippen molar-refractivity contribution in [1.82, 2.24) is 23.3 Å². The van der Waals surface area contributed by atoms with E-state index in [1.54, 1.807) is 36.5 Å². The Morgan fingerprint density at radius 1 is 0.289 bits per heavy atom. The van der Waals surface area contributed by atoms with Crippen molar-refractivity contribution in [3.63, 3.8) is 0 Å². The topological polar surface area (TPSA) is 50.7 Å². The van der Waals surface area contributed by atoms with Gasteiger partial charge in [-0.15, -0.1) is 18.2 Å². The van der Waals surface area contributed by atoms with E-state index in [0.29, 0.717) is 17.3 Å². The van der Waals surface area contributed by atoms with Gasteiger partial charge in [-0.3, -0.25) is 0 Å². The molecule has 728 valence electrons. The van der Waals surface area contributed by atoms with Gasteiger partial charge in [-0.1, -0.05) is 347 Å². The number of hydrogen-bond acceptors (Lipinski definition) is 3. The summed E-state index contributed by atoms with van der Waals surface area (Å²) in [5.74, 6) is 3.92. The summed E-state index contributed by atoms with van der Waals surface area (Å²) in [4.78, 5) is 9.01. The third-order valence-electron chi connectivity index (χ3n) is 28.6. The number of benzene rings is 18. The van der Waals surface area contributed by atoms with Crippen molar-refractivity contribution < 1.29 is 47.0 Å². The average molecular weight is 2120 g/mol. The van der Waals surface area contributed by atoms with Gasteiger partial charge in [0.1, 0.15) is 65.9 Å². The number of nitrogens with zero attached hydrogens (tertiary/aromatic N) is 10. The normalized spacial score (nSPS) is 12.1. The quantitative estimate of drug-likeness (QED) is 0.0759. The molecule has 0 atom stereocenters. The predicted molar refractivity (Wildman–Crippen MR) is 598 cm³/mol. The Bertz CT molecular complexity index is 8360. The summed E-state index contributed by atoms with van der Waals surface area (Å²) in [6, 6.07) is 145. The van der Waals surface area contributed by atoms with E-state index in [2.05, 4.69) is 456 Å². The summed E-state index contributed by atoms with van der Waals surface area (Å²) in [6.45, 7) is 21.9. The molecule has 0 saturated carbocycles. The SMILES string of the molecule is CC(C)c1cc(-c2ccccc2)c(-n2cc[n+]3c2-c2ccc(F)cc2CC3)c(-c2ccccc2)c1.Cc1cccc(C)c1-n1cc[n+]2c1-c1cc(-c3ccccc3)ccc1CC2.Fc1ccc2c(c1)CC[n+]1ccn(-c3c(-c4ccccc4)cccc3-c3ccccc3)c1-2.[CH2-]c1cc(F)ccc1-c1nccn1-c1c(-c2ccccc2)cc(-c2ccccc2)cc1-c1ccccc1.[CH2-]c1ccccc1N1[CH-]N(C)c2ccccc21.[Ir+3]. The van der Waals surface area contributed by atoms with Gasteiger partial charge in [-0.2, -0.15) is 51.4 Å². The molecule has 0 amide bonds. The van der Waals surface area contributed by atoms with Crippen molar-refractivity contribution in [3.05, 3.63) is 557 Å². The Labute approximate surface area is 884 Å². The number of halogens is 3. The molecule has 0 N–H and O–H groups in total. The molecule has 0 fully saturated rings. The van der Waals surface area contributed by atoms with Crippen molar-refractivity contribution >= 4 is 17.1 Å². The van der Waals surface area contributed by atoms with Crippen LogP contribution in [0.5, 0.6) is 0 Å². The molecule has 14 heteroatoms. The summed E-state index contributed by atoms with van der Waals surface area (Å²) in [7, 11) is 2.06. The maximum absolute atomic E-state index is 14.1. The van der Waals surface area contributed by atoms with E-state index < -0.39 is 0 Å². The molecule has 26 rings (SSSR count). The first-order chi connectivity index (χ1) is 72.6. The minimum absolute atomic E-state index is 0. The summed E-state index contributed by atoms with van der Waals surface area (Å²) in [6.07, 6.45) is 19.5. The van der Waals surface area contributed by atoms with Gasteiger partial charge in [0, 0.05) is 76.4 Å². The predicted octanol–water partition coefficient (Wildman–Crippen LogP) is 31.8. The van der Waals surface area contributed by atoms with Gasteiger partial charge in [-0.05, 0) is 195 Å². The van der Waals surface area contributed by atoms with Crippen LogP contribution in [0.1, 0.15) is 64.3 Å². The van der Waals surface area contributed by atoms with Crippen LogP contribution < -0.4 is 23.5 Å². The van der Waals surface area contributed by atoms with Gasteiger partial charge in [0.2, 0.25) is 0 Å². The van der Waals surface area contributed by atoms with E-state index in [-0.39, 0.29) is 37.6 Å². The van der Waals surface area contributed by atoms with Crippen LogP contribution in [0.4, 0.5) is 30.2 Å². The number of hydrogen-bond donors (Lipinski definition) is 0. The van der Waals surface area contributed by atoms with E-state index in [1.165, 1.54) is 118 Å². The van der Waals surface area contributed by atoms with Crippen molar-refractivity contribution in [3.8, 4) is 157 Å². The van der Waals surface area contributed by atoms with Crippen molar-refractivity contribution in [2.45, 2.75) is 72.5 Å². The maximum atomic E-state index is 14.1. The number of fused-ring (bicyclic) bond motifs is 10. The molecule has 0 bridgehead atoms. The second-order valence-corrected chi connectivity index (χ2v) is 38.3. The molecule has 0 spiro atoms. The van der Waals surface area contributed by atoms with Crippen LogP contribution in [0.3, 0.4) is 0 Å². The Morgan fingerprint density at radius 3 is 1.09 bits per heavy atom. The van der Waals surface area contributed by atoms with Crippen molar-refractivity contribution in [2.75, 3.05) is 16.8 Å². The van der Waals surface area contributed by atoms with Crippen LogP contribution in [0.15, 0.2) is 474 Å². The Morgan fingerprint density at radius 2 is 0.644 bits per heavy atom. The number of para-hydroxylation sites is 5. The molecule has 18 aromatic carbocycles. The second kappa shape index (κ2) is 43.5.